The predicted molar refractivity (Wildman–Crippen MR) is 101 cm³/mol. The maximum Gasteiger partial charge on any atom is 0.325 e. The zero-order chi connectivity index (χ0) is 18.0. The first-order chi connectivity index (χ1) is 11.9. The molecule has 0 aliphatic carbocycles. The Morgan fingerprint density at radius 3 is 2.84 bits per heavy atom. The molecule has 1 atom stereocenters. The van der Waals surface area contributed by atoms with E-state index in [4.69, 9.17) is 0 Å². The quantitative estimate of drug-likeness (QED) is 0.882. The number of thiophene rings is 1. The Labute approximate surface area is 152 Å². The highest BCUT2D eigenvalue weighted by Crippen LogP contribution is 2.32. The van der Waals surface area contributed by atoms with Gasteiger partial charge in [-0.1, -0.05) is 17.7 Å². The first-order valence-corrected chi connectivity index (χ1v) is 9.30. The van der Waals surface area contributed by atoms with Gasteiger partial charge in [0.05, 0.1) is 6.54 Å². The lowest BCUT2D eigenvalue weighted by Gasteiger charge is -2.32. The summed E-state index contributed by atoms with van der Waals surface area (Å²) in [6.45, 7) is 7.09. The number of hydrogen-bond donors (Lipinski definition) is 2. The van der Waals surface area contributed by atoms with Crippen LogP contribution in [0.25, 0.3) is 0 Å². The Morgan fingerprint density at radius 2 is 2.08 bits per heavy atom. The standard InChI is InChI=1S/C19H23N3O2S/c1-12-4-5-16(13(2)10-12)20-19(24)21-18(23)11-22-8-6-17-15(14(22)3)7-9-25-17/h4-5,7,9-10,14H,6,8,11H2,1-3H3,(H2,20,21,23,24)/t14-/m0/s1. The fraction of sp³-hybridized carbons (Fsp3) is 0.368. The van der Waals surface area contributed by atoms with Crippen molar-refractivity contribution in [2.75, 3.05) is 18.4 Å². The molecule has 2 heterocycles. The molecule has 132 valence electrons. The minimum absolute atomic E-state index is 0.197. The molecule has 0 saturated carbocycles. The second-order valence-electron chi connectivity index (χ2n) is 6.52. The number of imide groups is 1. The number of urea groups is 1. The minimum Gasteiger partial charge on any atom is -0.307 e. The highest BCUT2D eigenvalue weighted by atomic mass is 32.1. The maximum atomic E-state index is 12.2. The largest absolute Gasteiger partial charge is 0.325 e. The van der Waals surface area contributed by atoms with Crippen LogP contribution < -0.4 is 10.6 Å². The summed E-state index contributed by atoms with van der Waals surface area (Å²) in [5.41, 5.74) is 4.11. The summed E-state index contributed by atoms with van der Waals surface area (Å²) < 4.78 is 0. The Bertz CT molecular complexity index is 800. The number of fused-ring (bicyclic) bond motifs is 1. The summed E-state index contributed by atoms with van der Waals surface area (Å²) in [6, 6.07) is 7.60. The van der Waals surface area contributed by atoms with Gasteiger partial charge in [0, 0.05) is 23.2 Å². The van der Waals surface area contributed by atoms with Gasteiger partial charge in [-0.25, -0.2) is 4.79 Å². The lowest BCUT2D eigenvalue weighted by molar-refractivity contribution is -0.121. The summed E-state index contributed by atoms with van der Waals surface area (Å²) in [7, 11) is 0. The van der Waals surface area contributed by atoms with Crippen molar-refractivity contribution in [2.45, 2.75) is 33.2 Å². The van der Waals surface area contributed by atoms with Crippen LogP contribution in [0.3, 0.4) is 0 Å². The Kier molecular flexibility index (Phi) is 5.20. The summed E-state index contributed by atoms with van der Waals surface area (Å²) in [6.07, 6.45) is 0.958. The number of hydrogen-bond acceptors (Lipinski definition) is 4. The number of amides is 3. The van der Waals surface area contributed by atoms with Crippen LogP contribution in [0.2, 0.25) is 0 Å². The smallest absolute Gasteiger partial charge is 0.307 e. The number of benzene rings is 1. The van der Waals surface area contributed by atoms with Gasteiger partial charge in [-0.05, 0) is 55.8 Å². The molecule has 3 amide bonds. The molecule has 0 fully saturated rings. The van der Waals surface area contributed by atoms with E-state index >= 15 is 0 Å². The van der Waals surface area contributed by atoms with E-state index in [9.17, 15) is 9.59 Å². The van der Waals surface area contributed by atoms with E-state index in [1.807, 2.05) is 32.0 Å². The van der Waals surface area contributed by atoms with Gasteiger partial charge in [0.25, 0.3) is 0 Å². The van der Waals surface area contributed by atoms with Crippen molar-refractivity contribution in [2.24, 2.45) is 0 Å². The summed E-state index contributed by atoms with van der Waals surface area (Å²) >= 11 is 1.77. The number of aryl methyl sites for hydroxylation is 2. The monoisotopic (exact) mass is 357 g/mol. The Balaban J connectivity index is 1.55. The van der Waals surface area contributed by atoms with Crippen LogP contribution in [-0.2, 0) is 11.2 Å². The summed E-state index contributed by atoms with van der Waals surface area (Å²) in [5, 5.41) is 7.27. The number of nitrogens with one attached hydrogen (secondary N) is 2. The van der Waals surface area contributed by atoms with Crippen LogP contribution in [0.4, 0.5) is 10.5 Å². The Morgan fingerprint density at radius 1 is 1.28 bits per heavy atom. The molecule has 25 heavy (non-hydrogen) atoms. The normalized spacial score (nSPS) is 17.0. The number of rotatable bonds is 3. The van der Waals surface area contributed by atoms with Crippen LogP contribution in [0, 0.1) is 13.8 Å². The SMILES string of the molecule is Cc1ccc(NC(=O)NC(=O)CN2CCc3sccc3[C@@H]2C)c(C)c1. The van der Waals surface area contributed by atoms with Crippen molar-refractivity contribution < 1.29 is 9.59 Å². The van der Waals surface area contributed by atoms with Crippen LogP contribution >= 0.6 is 11.3 Å². The summed E-state index contributed by atoms with van der Waals surface area (Å²) in [5.74, 6) is -0.284. The van der Waals surface area contributed by atoms with E-state index in [2.05, 4.69) is 33.9 Å². The third kappa shape index (κ3) is 4.08. The van der Waals surface area contributed by atoms with E-state index in [0.29, 0.717) is 5.69 Å². The molecule has 0 saturated heterocycles. The van der Waals surface area contributed by atoms with E-state index < -0.39 is 6.03 Å². The van der Waals surface area contributed by atoms with Gasteiger partial charge >= 0.3 is 6.03 Å². The van der Waals surface area contributed by atoms with Crippen molar-refractivity contribution in [3.63, 3.8) is 0 Å². The van der Waals surface area contributed by atoms with E-state index in [-0.39, 0.29) is 18.5 Å². The van der Waals surface area contributed by atoms with Crippen molar-refractivity contribution in [3.8, 4) is 0 Å². The van der Waals surface area contributed by atoms with E-state index in [0.717, 1.165) is 24.1 Å². The first kappa shape index (κ1) is 17.6. The van der Waals surface area contributed by atoms with E-state index in [1.54, 1.807) is 11.3 Å². The van der Waals surface area contributed by atoms with Crippen molar-refractivity contribution in [3.05, 3.63) is 51.2 Å². The molecule has 1 aliphatic heterocycles. The molecule has 3 rings (SSSR count). The molecule has 1 aromatic carbocycles. The van der Waals surface area contributed by atoms with Crippen molar-refractivity contribution in [1.82, 2.24) is 10.2 Å². The van der Waals surface area contributed by atoms with Crippen LogP contribution in [-0.4, -0.2) is 29.9 Å². The molecular formula is C19H23N3O2S. The highest BCUT2D eigenvalue weighted by Gasteiger charge is 2.26. The van der Waals surface area contributed by atoms with Gasteiger partial charge in [-0.3, -0.25) is 15.0 Å². The molecule has 1 aromatic heterocycles. The van der Waals surface area contributed by atoms with E-state index in [1.165, 1.54) is 10.4 Å². The highest BCUT2D eigenvalue weighted by molar-refractivity contribution is 7.10. The average Bonchev–Trinajstić information content (AvgIpc) is 3.02. The van der Waals surface area contributed by atoms with Crippen molar-refractivity contribution in [1.29, 1.82) is 0 Å². The number of carbonyl (C=O) groups is 2. The van der Waals surface area contributed by atoms with Gasteiger partial charge < -0.3 is 5.32 Å². The molecule has 0 unspecified atom stereocenters. The lowest BCUT2D eigenvalue weighted by Crippen LogP contribution is -2.44. The molecular weight excluding hydrogens is 334 g/mol. The molecule has 2 N–H and O–H groups in total. The predicted octanol–water partition coefficient (Wildman–Crippen LogP) is 3.63. The molecule has 1 aliphatic rings. The zero-order valence-corrected chi connectivity index (χ0v) is 15.6. The zero-order valence-electron chi connectivity index (χ0n) is 14.8. The molecule has 0 radical (unpaired) electrons. The van der Waals surface area contributed by atoms with Crippen LogP contribution in [0.15, 0.2) is 29.6 Å². The summed E-state index contributed by atoms with van der Waals surface area (Å²) in [4.78, 5) is 27.8. The van der Waals surface area contributed by atoms with Gasteiger partial charge in [0.15, 0.2) is 0 Å². The fourth-order valence-corrected chi connectivity index (χ4v) is 4.20. The maximum absolute atomic E-state index is 12.2. The molecule has 5 nitrogen and oxygen atoms in total. The minimum atomic E-state index is -0.488. The van der Waals surface area contributed by atoms with Gasteiger partial charge in [0.2, 0.25) is 5.91 Å². The van der Waals surface area contributed by atoms with Gasteiger partial charge in [-0.2, -0.15) is 0 Å². The molecule has 6 heteroatoms. The number of anilines is 1. The second kappa shape index (κ2) is 7.37. The number of carbonyl (C=O) groups excluding carboxylic acids is 2. The Hall–Kier alpha value is -2.18. The molecule has 2 aromatic rings. The van der Waals surface area contributed by atoms with Gasteiger partial charge in [0.1, 0.15) is 0 Å². The number of nitrogens with zero attached hydrogens (tertiary/aromatic N) is 1. The topological polar surface area (TPSA) is 61.4 Å². The molecule has 0 bridgehead atoms. The lowest BCUT2D eigenvalue weighted by atomic mass is 10.0. The molecule has 0 spiro atoms. The average molecular weight is 357 g/mol. The first-order valence-electron chi connectivity index (χ1n) is 8.42. The fourth-order valence-electron chi connectivity index (χ4n) is 3.24. The van der Waals surface area contributed by atoms with Gasteiger partial charge in [-0.15, -0.1) is 11.3 Å². The third-order valence-electron chi connectivity index (χ3n) is 4.63. The second-order valence-corrected chi connectivity index (χ2v) is 7.52. The van der Waals surface area contributed by atoms with Crippen molar-refractivity contribution >= 4 is 29.0 Å². The van der Waals surface area contributed by atoms with Crippen LogP contribution in [0.5, 0.6) is 0 Å². The van der Waals surface area contributed by atoms with Crippen LogP contribution in [0.1, 0.15) is 34.5 Å². The third-order valence-corrected chi connectivity index (χ3v) is 5.63.